The fourth-order valence-corrected chi connectivity index (χ4v) is 6.36. The number of halogens is 1. The van der Waals surface area contributed by atoms with E-state index in [-0.39, 0.29) is 24.9 Å². The van der Waals surface area contributed by atoms with Crippen molar-refractivity contribution in [2.75, 3.05) is 26.3 Å². The smallest absolute Gasteiger partial charge is 0.252 e. The van der Waals surface area contributed by atoms with Gasteiger partial charge in [0, 0.05) is 42.1 Å². The standard InChI is InChI=1S/C40H48N6O2.ClH/c1-3-5-6-7-8-9-12-30-14-16-31(17-15-30)35-22-26-41-37(35)29-48-27-10-13-34-28-36(45-46-38(34)39-42-24-11-25-43-39)32-18-20-33(21-19-32)40(47)44-23-4-2;/h2,11,14-21,24-25,28,35,37,41H,3,5-10,12-13,22-23,26-27,29H2,1H3,(H,44,47);1H/t35-,37-;/m1./s1. The summed E-state index contributed by atoms with van der Waals surface area (Å²) < 4.78 is 6.25. The molecule has 9 heteroatoms. The number of carbonyl (C=O) groups is 1. The predicted molar refractivity (Wildman–Crippen MR) is 199 cm³/mol. The first-order valence-electron chi connectivity index (χ1n) is 17.5. The first kappa shape index (κ1) is 37.7. The van der Waals surface area contributed by atoms with Gasteiger partial charge in [-0.05, 0) is 79.6 Å². The lowest BCUT2D eigenvalue weighted by atomic mass is 9.91. The van der Waals surface area contributed by atoms with Crippen molar-refractivity contribution in [3.05, 3.63) is 95.3 Å². The monoisotopic (exact) mass is 680 g/mol. The largest absolute Gasteiger partial charge is 0.380 e. The van der Waals surface area contributed by atoms with Gasteiger partial charge in [-0.2, -0.15) is 0 Å². The van der Waals surface area contributed by atoms with Crippen LogP contribution < -0.4 is 10.6 Å². The van der Waals surface area contributed by atoms with Crippen molar-refractivity contribution in [1.82, 2.24) is 30.8 Å². The summed E-state index contributed by atoms with van der Waals surface area (Å²) in [7, 11) is 0. The van der Waals surface area contributed by atoms with Crippen molar-refractivity contribution < 1.29 is 9.53 Å². The molecule has 8 nitrogen and oxygen atoms in total. The highest BCUT2D eigenvalue weighted by Gasteiger charge is 2.28. The number of terminal acetylenes is 1. The molecule has 2 aromatic heterocycles. The molecule has 0 saturated carbocycles. The fourth-order valence-electron chi connectivity index (χ4n) is 6.36. The molecular weight excluding hydrogens is 632 g/mol. The molecule has 49 heavy (non-hydrogen) atoms. The molecule has 2 atom stereocenters. The van der Waals surface area contributed by atoms with Crippen LogP contribution in [0.1, 0.15) is 91.3 Å². The number of amides is 1. The molecule has 0 aliphatic carbocycles. The van der Waals surface area contributed by atoms with Crippen molar-refractivity contribution in [1.29, 1.82) is 0 Å². The Morgan fingerprint density at radius 1 is 0.959 bits per heavy atom. The topological polar surface area (TPSA) is 102 Å². The van der Waals surface area contributed by atoms with E-state index in [1.165, 1.54) is 56.1 Å². The van der Waals surface area contributed by atoms with Crippen LogP contribution in [0.15, 0.2) is 73.1 Å². The highest BCUT2D eigenvalue weighted by molar-refractivity contribution is 5.94. The van der Waals surface area contributed by atoms with Gasteiger partial charge >= 0.3 is 0 Å². The van der Waals surface area contributed by atoms with Crippen molar-refractivity contribution in [3.8, 4) is 35.1 Å². The second kappa shape index (κ2) is 20.4. The summed E-state index contributed by atoms with van der Waals surface area (Å²) in [5.41, 5.74) is 6.64. The number of rotatable bonds is 18. The Balaban J connectivity index is 0.00000541. The number of hydrogen-bond donors (Lipinski definition) is 2. The Bertz CT molecular complexity index is 1610. The van der Waals surface area contributed by atoms with Gasteiger partial charge in [0.2, 0.25) is 0 Å². The summed E-state index contributed by atoms with van der Waals surface area (Å²) in [5.74, 6) is 3.22. The molecule has 5 rings (SSSR count). The van der Waals surface area contributed by atoms with Gasteiger partial charge in [0.05, 0.1) is 18.8 Å². The maximum Gasteiger partial charge on any atom is 0.252 e. The molecule has 1 amide bonds. The summed E-state index contributed by atoms with van der Waals surface area (Å²) in [6.07, 6.45) is 20.5. The highest BCUT2D eigenvalue weighted by Crippen LogP contribution is 2.29. The number of carbonyl (C=O) groups excluding carboxylic acids is 1. The first-order chi connectivity index (χ1) is 23.7. The molecule has 1 saturated heterocycles. The Labute approximate surface area is 297 Å². The number of unbranched alkanes of at least 4 members (excludes halogenated alkanes) is 5. The van der Waals surface area contributed by atoms with Gasteiger partial charge in [0.1, 0.15) is 5.69 Å². The van der Waals surface area contributed by atoms with Gasteiger partial charge in [0.25, 0.3) is 5.91 Å². The number of ether oxygens (including phenoxy) is 1. The van der Waals surface area contributed by atoms with E-state index in [4.69, 9.17) is 11.2 Å². The SMILES string of the molecule is C#CCNC(=O)c1ccc(-c2cc(CCCOC[C@H]3NCC[C@@H]3c3ccc(CCCCCCCC)cc3)c(-c3ncccn3)nn2)cc1.Cl. The molecule has 1 aliphatic heterocycles. The molecular formula is C40H49ClN6O2. The van der Waals surface area contributed by atoms with E-state index in [2.05, 4.69) is 67.9 Å². The maximum atomic E-state index is 12.3. The van der Waals surface area contributed by atoms with Crippen LogP contribution in [0.3, 0.4) is 0 Å². The van der Waals surface area contributed by atoms with Crippen molar-refractivity contribution >= 4 is 18.3 Å². The van der Waals surface area contributed by atoms with E-state index < -0.39 is 0 Å². The third-order valence-corrected chi connectivity index (χ3v) is 9.05. The summed E-state index contributed by atoms with van der Waals surface area (Å²) in [4.78, 5) is 21.1. The highest BCUT2D eigenvalue weighted by atomic mass is 35.5. The number of nitrogens with zero attached hydrogens (tertiary/aromatic N) is 4. The number of aryl methyl sites for hydroxylation is 2. The number of nitrogens with one attached hydrogen (secondary N) is 2. The summed E-state index contributed by atoms with van der Waals surface area (Å²) in [5, 5.41) is 15.4. The van der Waals surface area contributed by atoms with Gasteiger partial charge in [-0.15, -0.1) is 29.0 Å². The summed E-state index contributed by atoms with van der Waals surface area (Å²) in [6, 6.07) is 20.7. The maximum absolute atomic E-state index is 12.3. The van der Waals surface area contributed by atoms with Crippen LogP contribution >= 0.6 is 12.4 Å². The Hall–Kier alpha value is -4.16. The zero-order valence-corrected chi connectivity index (χ0v) is 29.4. The molecule has 0 bridgehead atoms. The average Bonchev–Trinajstić information content (AvgIpc) is 3.61. The van der Waals surface area contributed by atoms with Gasteiger partial charge in [-0.25, -0.2) is 9.97 Å². The van der Waals surface area contributed by atoms with E-state index >= 15 is 0 Å². The lowest BCUT2D eigenvalue weighted by Gasteiger charge is -2.20. The molecule has 3 heterocycles. The second-order valence-corrected chi connectivity index (χ2v) is 12.5. The van der Waals surface area contributed by atoms with Crippen LogP contribution in [0, 0.1) is 12.3 Å². The van der Waals surface area contributed by atoms with Crippen LogP contribution in [-0.4, -0.2) is 58.4 Å². The van der Waals surface area contributed by atoms with E-state index in [0.717, 1.165) is 42.6 Å². The minimum absolute atomic E-state index is 0. The Morgan fingerprint density at radius 2 is 1.71 bits per heavy atom. The molecule has 1 aliphatic rings. The van der Waals surface area contributed by atoms with Crippen LogP contribution in [-0.2, 0) is 17.6 Å². The molecule has 2 aromatic carbocycles. The van der Waals surface area contributed by atoms with Crippen molar-refractivity contribution in [3.63, 3.8) is 0 Å². The Kier molecular flexibility index (Phi) is 15.7. The van der Waals surface area contributed by atoms with Crippen molar-refractivity contribution in [2.45, 2.75) is 83.1 Å². The molecule has 0 spiro atoms. The molecule has 0 unspecified atom stereocenters. The van der Waals surface area contributed by atoms with Gasteiger partial charge in [0.15, 0.2) is 5.82 Å². The minimum Gasteiger partial charge on any atom is -0.380 e. The van der Waals surface area contributed by atoms with E-state index in [9.17, 15) is 4.79 Å². The third kappa shape index (κ3) is 11.2. The summed E-state index contributed by atoms with van der Waals surface area (Å²) >= 11 is 0. The zero-order valence-electron chi connectivity index (χ0n) is 28.6. The zero-order chi connectivity index (χ0) is 33.4. The minimum atomic E-state index is -0.210. The number of aromatic nitrogens is 4. The molecule has 0 radical (unpaired) electrons. The van der Waals surface area contributed by atoms with Gasteiger partial charge in [-0.3, -0.25) is 4.79 Å². The van der Waals surface area contributed by atoms with Gasteiger partial charge < -0.3 is 15.4 Å². The fraction of sp³-hybridized carbons (Fsp3) is 0.425. The van der Waals surface area contributed by atoms with Crippen LogP contribution in [0.2, 0.25) is 0 Å². The van der Waals surface area contributed by atoms with Crippen LogP contribution in [0.5, 0.6) is 0 Å². The van der Waals surface area contributed by atoms with E-state index in [1.54, 1.807) is 30.6 Å². The molecule has 258 valence electrons. The Morgan fingerprint density at radius 3 is 2.47 bits per heavy atom. The van der Waals surface area contributed by atoms with Crippen molar-refractivity contribution in [2.24, 2.45) is 0 Å². The third-order valence-electron chi connectivity index (χ3n) is 9.05. The normalized spacial score (nSPS) is 15.3. The van der Waals surface area contributed by atoms with E-state index in [0.29, 0.717) is 42.3 Å². The van der Waals surface area contributed by atoms with Crippen LogP contribution in [0.25, 0.3) is 22.8 Å². The predicted octanol–water partition coefficient (Wildman–Crippen LogP) is 7.38. The van der Waals surface area contributed by atoms with Gasteiger partial charge in [-0.1, -0.05) is 81.3 Å². The first-order valence-corrected chi connectivity index (χ1v) is 17.5. The lowest BCUT2D eigenvalue weighted by molar-refractivity contribution is 0.0958. The number of benzene rings is 2. The number of hydrogen-bond acceptors (Lipinski definition) is 7. The molecule has 4 aromatic rings. The van der Waals surface area contributed by atoms with Crippen LogP contribution in [0.4, 0.5) is 0 Å². The summed E-state index contributed by atoms with van der Waals surface area (Å²) in [6.45, 7) is 4.79. The second-order valence-electron chi connectivity index (χ2n) is 12.5. The quantitative estimate of drug-likeness (QED) is 0.0835. The molecule has 1 fully saturated rings. The molecule has 2 N–H and O–H groups in total. The lowest BCUT2D eigenvalue weighted by Crippen LogP contribution is -2.31. The average molecular weight is 681 g/mol. The van der Waals surface area contributed by atoms with E-state index in [1.807, 2.05) is 18.2 Å².